The van der Waals surface area contributed by atoms with E-state index in [9.17, 15) is 27.9 Å². The standard InChI is InChI=1S/C20H15F3N4O3/c21-20(22,23)19-26-14-6-5-10(7-15(14)27-19)17(28)25-16(18(29)30)8-11-9-24-13-4-2-1-3-12(11)13/h1-7,9,16,24H,8H2,(H,25,28)(H,26,27)(H,29,30). The zero-order chi connectivity index (χ0) is 21.5. The molecule has 4 N–H and O–H groups in total. The number of carboxylic acid groups (broad SMARTS) is 1. The van der Waals surface area contributed by atoms with Gasteiger partial charge in [0.05, 0.1) is 11.0 Å². The van der Waals surface area contributed by atoms with Gasteiger partial charge in [0, 0.05) is 29.1 Å². The third-order valence-corrected chi connectivity index (χ3v) is 4.71. The Kier molecular flexibility index (Phi) is 4.69. The number of carbonyl (C=O) groups is 2. The molecule has 1 atom stereocenters. The van der Waals surface area contributed by atoms with E-state index >= 15 is 0 Å². The first kappa shape index (κ1) is 19.5. The number of rotatable bonds is 5. The van der Waals surface area contributed by atoms with E-state index in [0.29, 0.717) is 0 Å². The molecular weight excluding hydrogens is 401 g/mol. The molecule has 0 radical (unpaired) electrons. The van der Waals surface area contributed by atoms with Gasteiger partial charge in [-0.25, -0.2) is 9.78 Å². The minimum absolute atomic E-state index is 0.0186. The van der Waals surface area contributed by atoms with Gasteiger partial charge in [0.25, 0.3) is 5.91 Å². The van der Waals surface area contributed by atoms with Gasteiger partial charge in [0.2, 0.25) is 5.82 Å². The Morgan fingerprint density at radius 2 is 1.90 bits per heavy atom. The number of amides is 1. The highest BCUT2D eigenvalue weighted by Crippen LogP contribution is 2.28. The lowest BCUT2D eigenvalue weighted by Gasteiger charge is -2.14. The largest absolute Gasteiger partial charge is 0.480 e. The number of imidazole rings is 1. The Hall–Kier alpha value is -3.82. The maximum Gasteiger partial charge on any atom is 0.449 e. The van der Waals surface area contributed by atoms with Gasteiger partial charge < -0.3 is 20.4 Å². The van der Waals surface area contributed by atoms with Crippen LogP contribution in [0.2, 0.25) is 0 Å². The fourth-order valence-corrected chi connectivity index (χ4v) is 3.25. The van der Waals surface area contributed by atoms with Crippen LogP contribution in [0.1, 0.15) is 21.7 Å². The zero-order valence-corrected chi connectivity index (χ0v) is 15.2. The number of aromatic amines is 2. The normalized spacial score (nSPS) is 12.9. The molecule has 2 aromatic carbocycles. The fraction of sp³-hybridized carbons (Fsp3) is 0.150. The number of aliphatic carboxylic acids is 1. The van der Waals surface area contributed by atoms with Gasteiger partial charge in [0.15, 0.2) is 0 Å². The minimum atomic E-state index is -4.64. The average Bonchev–Trinajstić information content (AvgIpc) is 3.31. The van der Waals surface area contributed by atoms with Crippen molar-refractivity contribution in [2.75, 3.05) is 0 Å². The SMILES string of the molecule is O=C(NC(Cc1c[nH]c2ccccc12)C(=O)O)c1ccc2nc(C(F)(F)F)[nH]c2c1. The summed E-state index contributed by atoms with van der Waals surface area (Å²) in [5.74, 6) is -3.11. The van der Waals surface area contributed by atoms with E-state index in [4.69, 9.17) is 0 Å². The van der Waals surface area contributed by atoms with Gasteiger partial charge in [-0.1, -0.05) is 18.2 Å². The van der Waals surface area contributed by atoms with Crippen molar-refractivity contribution in [2.24, 2.45) is 0 Å². The van der Waals surface area contributed by atoms with Gasteiger partial charge in [0.1, 0.15) is 6.04 Å². The first-order chi connectivity index (χ1) is 14.2. The summed E-state index contributed by atoms with van der Waals surface area (Å²) in [6.45, 7) is 0. The summed E-state index contributed by atoms with van der Waals surface area (Å²) in [5.41, 5.74) is 1.65. The van der Waals surface area contributed by atoms with E-state index in [2.05, 4.69) is 20.3 Å². The summed E-state index contributed by atoms with van der Waals surface area (Å²) in [5, 5.41) is 12.8. The van der Waals surface area contributed by atoms with E-state index in [1.807, 2.05) is 24.3 Å². The predicted octanol–water partition coefficient (Wildman–Crippen LogP) is 3.49. The number of nitrogens with one attached hydrogen (secondary N) is 3. The number of H-pyrrole nitrogens is 2. The Labute approximate surface area is 166 Å². The second kappa shape index (κ2) is 7.21. The number of aromatic nitrogens is 3. The van der Waals surface area contributed by atoms with Crippen LogP contribution in [0, 0.1) is 0 Å². The van der Waals surface area contributed by atoms with Crippen LogP contribution >= 0.6 is 0 Å². The molecule has 4 rings (SSSR count). The summed E-state index contributed by atoms with van der Waals surface area (Å²) in [6, 6.07) is 9.90. The Morgan fingerprint density at radius 1 is 1.13 bits per heavy atom. The van der Waals surface area contributed by atoms with Crippen LogP contribution in [0.3, 0.4) is 0 Å². The number of nitrogens with zero attached hydrogens (tertiary/aromatic N) is 1. The van der Waals surface area contributed by atoms with Crippen molar-refractivity contribution in [3.63, 3.8) is 0 Å². The quantitative estimate of drug-likeness (QED) is 0.399. The first-order valence-corrected chi connectivity index (χ1v) is 8.88. The maximum atomic E-state index is 12.8. The van der Waals surface area contributed by atoms with Crippen molar-refractivity contribution >= 4 is 33.8 Å². The second-order valence-electron chi connectivity index (χ2n) is 6.74. The van der Waals surface area contributed by atoms with Crippen LogP contribution in [0.25, 0.3) is 21.9 Å². The molecule has 1 amide bonds. The van der Waals surface area contributed by atoms with E-state index in [1.165, 1.54) is 18.2 Å². The molecule has 2 heterocycles. The first-order valence-electron chi connectivity index (χ1n) is 8.88. The van der Waals surface area contributed by atoms with E-state index in [-0.39, 0.29) is 23.0 Å². The van der Waals surface area contributed by atoms with Crippen molar-refractivity contribution < 1.29 is 27.9 Å². The number of halogens is 3. The number of para-hydroxylation sites is 1. The van der Waals surface area contributed by atoms with Crippen LogP contribution in [-0.4, -0.2) is 38.0 Å². The van der Waals surface area contributed by atoms with Crippen molar-refractivity contribution in [2.45, 2.75) is 18.6 Å². The van der Waals surface area contributed by atoms with E-state index < -0.39 is 29.9 Å². The number of hydrogen-bond acceptors (Lipinski definition) is 3. The van der Waals surface area contributed by atoms with Crippen molar-refractivity contribution in [1.29, 1.82) is 0 Å². The molecule has 0 fully saturated rings. The van der Waals surface area contributed by atoms with Gasteiger partial charge in [-0.2, -0.15) is 13.2 Å². The monoisotopic (exact) mass is 416 g/mol. The van der Waals surface area contributed by atoms with E-state index in [0.717, 1.165) is 16.5 Å². The van der Waals surface area contributed by atoms with Crippen LogP contribution in [0.4, 0.5) is 13.2 Å². The highest BCUT2D eigenvalue weighted by molar-refractivity contribution is 5.99. The number of carbonyl (C=O) groups excluding carboxylic acids is 1. The molecule has 10 heteroatoms. The smallest absolute Gasteiger partial charge is 0.449 e. The van der Waals surface area contributed by atoms with Crippen molar-refractivity contribution in [3.8, 4) is 0 Å². The zero-order valence-electron chi connectivity index (χ0n) is 15.2. The molecule has 0 saturated carbocycles. The molecular formula is C20H15F3N4O3. The van der Waals surface area contributed by atoms with Crippen LogP contribution in [0.15, 0.2) is 48.7 Å². The molecule has 0 bridgehead atoms. The summed E-state index contributed by atoms with van der Waals surface area (Å²) in [4.78, 5) is 32.9. The summed E-state index contributed by atoms with van der Waals surface area (Å²) in [7, 11) is 0. The Morgan fingerprint density at radius 3 is 2.63 bits per heavy atom. The second-order valence-corrected chi connectivity index (χ2v) is 6.74. The summed E-state index contributed by atoms with van der Waals surface area (Å²) in [6.07, 6.45) is -2.92. The predicted molar refractivity (Wildman–Crippen MR) is 102 cm³/mol. The highest BCUT2D eigenvalue weighted by atomic mass is 19.4. The van der Waals surface area contributed by atoms with Crippen LogP contribution < -0.4 is 5.32 Å². The molecule has 154 valence electrons. The Bertz CT molecular complexity index is 1260. The third-order valence-electron chi connectivity index (χ3n) is 4.71. The van der Waals surface area contributed by atoms with Gasteiger partial charge in [-0.3, -0.25) is 4.79 Å². The third kappa shape index (κ3) is 3.71. The molecule has 30 heavy (non-hydrogen) atoms. The molecule has 1 unspecified atom stereocenters. The Balaban J connectivity index is 1.56. The molecule has 0 aliphatic carbocycles. The number of benzene rings is 2. The molecule has 4 aromatic rings. The molecule has 0 aliphatic rings. The molecule has 0 aliphatic heterocycles. The van der Waals surface area contributed by atoms with Crippen molar-refractivity contribution in [1.82, 2.24) is 20.3 Å². The van der Waals surface area contributed by atoms with Gasteiger partial charge in [-0.15, -0.1) is 0 Å². The molecule has 2 aromatic heterocycles. The lowest BCUT2D eigenvalue weighted by Crippen LogP contribution is -2.42. The van der Waals surface area contributed by atoms with E-state index in [1.54, 1.807) is 6.20 Å². The number of hydrogen-bond donors (Lipinski definition) is 4. The summed E-state index contributed by atoms with van der Waals surface area (Å²) >= 11 is 0. The van der Waals surface area contributed by atoms with Crippen molar-refractivity contribution in [3.05, 3.63) is 65.6 Å². The van der Waals surface area contributed by atoms with Gasteiger partial charge in [-0.05, 0) is 29.8 Å². The maximum absolute atomic E-state index is 12.8. The highest BCUT2D eigenvalue weighted by Gasteiger charge is 2.34. The number of fused-ring (bicyclic) bond motifs is 2. The number of carboxylic acids is 1. The van der Waals surface area contributed by atoms with Gasteiger partial charge >= 0.3 is 12.1 Å². The molecule has 7 nitrogen and oxygen atoms in total. The number of alkyl halides is 3. The molecule has 0 spiro atoms. The lowest BCUT2D eigenvalue weighted by atomic mass is 10.0. The average molecular weight is 416 g/mol. The topological polar surface area (TPSA) is 111 Å². The molecule has 0 saturated heterocycles. The summed E-state index contributed by atoms with van der Waals surface area (Å²) < 4.78 is 38.4. The lowest BCUT2D eigenvalue weighted by molar-refractivity contribution is -0.144. The fourth-order valence-electron chi connectivity index (χ4n) is 3.25. The minimum Gasteiger partial charge on any atom is -0.480 e. The van der Waals surface area contributed by atoms with Crippen LogP contribution in [-0.2, 0) is 17.4 Å². The van der Waals surface area contributed by atoms with Crippen LogP contribution in [0.5, 0.6) is 0 Å².